The summed E-state index contributed by atoms with van der Waals surface area (Å²) in [4.78, 5) is 0. The predicted octanol–water partition coefficient (Wildman–Crippen LogP) is 3.26. The summed E-state index contributed by atoms with van der Waals surface area (Å²) >= 11 is 0. The fourth-order valence-corrected chi connectivity index (χ4v) is 2.55. The number of nitrogens with one attached hydrogen (secondary N) is 1. The highest BCUT2D eigenvalue weighted by Crippen LogP contribution is 2.22. The van der Waals surface area contributed by atoms with Crippen LogP contribution in [-0.4, -0.2) is 18.7 Å². The molecule has 0 spiro atoms. The van der Waals surface area contributed by atoms with E-state index in [-0.39, 0.29) is 5.82 Å². The lowest BCUT2D eigenvalue weighted by Crippen LogP contribution is -2.35. The van der Waals surface area contributed by atoms with Crippen molar-refractivity contribution in [1.82, 2.24) is 5.32 Å². The molecule has 1 N–H and O–H groups in total. The van der Waals surface area contributed by atoms with E-state index in [1.54, 1.807) is 12.1 Å². The second-order valence-electron chi connectivity index (χ2n) is 4.93. The van der Waals surface area contributed by atoms with Gasteiger partial charge in [-0.3, -0.25) is 0 Å². The van der Waals surface area contributed by atoms with Gasteiger partial charge in [0.25, 0.3) is 0 Å². The fraction of sp³-hybridized carbons (Fsp3) is 0.600. The second kappa shape index (κ2) is 6.86. The van der Waals surface area contributed by atoms with Gasteiger partial charge in [0.05, 0.1) is 12.7 Å². The van der Waals surface area contributed by atoms with Crippen LogP contribution in [0.1, 0.15) is 38.2 Å². The molecule has 0 atom stereocenters. The van der Waals surface area contributed by atoms with E-state index in [1.165, 1.54) is 6.07 Å². The molecule has 18 heavy (non-hydrogen) atoms. The molecule has 3 heteroatoms. The van der Waals surface area contributed by atoms with Crippen LogP contribution in [-0.2, 0) is 11.3 Å². The van der Waals surface area contributed by atoms with Crippen LogP contribution in [0.15, 0.2) is 24.3 Å². The van der Waals surface area contributed by atoms with Crippen molar-refractivity contribution in [2.75, 3.05) is 6.54 Å². The van der Waals surface area contributed by atoms with E-state index in [2.05, 4.69) is 12.2 Å². The summed E-state index contributed by atoms with van der Waals surface area (Å²) in [5.41, 5.74) is 0.659. The van der Waals surface area contributed by atoms with Crippen molar-refractivity contribution in [1.29, 1.82) is 0 Å². The van der Waals surface area contributed by atoms with Crippen LogP contribution < -0.4 is 5.32 Å². The zero-order chi connectivity index (χ0) is 12.8. The molecular formula is C15H22FNO. The Bertz CT molecular complexity index is 361. The van der Waals surface area contributed by atoms with Gasteiger partial charge in [-0.1, -0.05) is 25.1 Å². The predicted molar refractivity (Wildman–Crippen MR) is 70.9 cm³/mol. The van der Waals surface area contributed by atoms with Gasteiger partial charge in [-0.15, -0.1) is 0 Å². The molecule has 0 radical (unpaired) electrons. The molecule has 2 nitrogen and oxygen atoms in total. The maximum Gasteiger partial charge on any atom is 0.128 e. The smallest absolute Gasteiger partial charge is 0.128 e. The van der Waals surface area contributed by atoms with Crippen molar-refractivity contribution in [3.8, 4) is 0 Å². The summed E-state index contributed by atoms with van der Waals surface area (Å²) in [6.45, 7) is 3.56. The average Bonchev–Trinajstić information content (AvgIpc) is 2.40. The van der Waals surface area contributed by atoms with Crippen LogP contribution in [0, 0.1) is 5.82 Å². The van der Waals surface area contributed by atoms with E-state index in [9.17, 15) is 4.39 Å². The fourth-order valence-electron chi connectivity index (χ4n) is 2.55. The van der Waals surface area contributed by atoms with Crippen molar-refractivity contribution in [2.24, 2.45) is 0 Å². The molecule has 1 fully saturated rings. The van der Waals surface area contributed by atoms with Crippen LogP contribution in [0.4, 0.5) is 4.39 Å². The van der Waals surface area contributed by atoms with Crippen molar-refractivity contribution in [3.63, 3.8) is 0 Å². The minimum atomic E-state index is -0.168. The summed E-state index contributed by atoms with van der Waals surface area (Å²) in [5, 5.41) is 3.47. The summed E-state index contributed by atoms with van der Waals surface area (Å²) in [6, 6.07) is 7.48. The number of rotatable bonds is 5. The molecule has 0 amide bonds. The van der Waals surface area contributed by atoms with E-state index >= 15 is 0 Å². The third kappa shape index (κ3) is 3.79. The van der Waals surface area contributed by atoms with Crippen molar-refractivity contribution in [3.05, 3.63) is 35.6 Å². The average molecular weight is 251 g/mol. The number of hydrogen-bond acceptors (Lipinski definition) is 2. The monoisotopic (exact) mass is 251 g/mol. The summed E-state index contributed by atoms with van der Waals surface area (Å²) < 4.78 is 19.2. The Labute approximate surface area is 109 Å². The normalized spacial score (nSPS) is 24.1. The Morgan fingerprint density at radius 2 is 1.94 bits per heavy atom. The minimum absolute atomic E-state index is 0.168. The molecule has 2 rings (SSSR count). The largest absolute Gasteiger partial charge is 0.373 e. The zero-order valence-electron chi connectivity index (χ0n) is 11.0. The van der Waals surface area contributed by atoms with Crippen LogP contribution in [0.3, 0.4) is 0 Å². The van der Waals surface area contributed by atoms with Gasteiger partial charge in [-0.25, -0.2) is 4.39 Å². The van der Waals surface area contributed by atoms with Gasteiger partial charge >= 0.3 is 0 Å². The van der Waals surface area contributed by atoms with Gasteiger partial charge in [0, 0.05) is 11.6 Å². The van der Waals surface area contributed by atoms with Crippen molar-refractivity contribution < 1.29 is 9.13 Å². The van der Waals surface area contributed by atoms with Crippen molar-refractivity contribution >= 4 is 0 Å². The van der Waals surface area contributed by atoms with Crippen molar-refractivity contribution in [2.45, 2.75) is 51.4 Å². The molecule has 1 aliphatic carbocycles. The standard InChI is InChI=1S/C15H22FNO/c1-2-17-13-7-9-14(10-8-13)18-11-12-5-3-4-6-15(12)16/h3-6,13-14,17H,2,7-11H2,1H3. The maximum atomic E-state index is 13.4. The Morgan fingerprint density at radius 1 is 1.22 bits per heavy atom. The Hall–Kier alpha value is -0.930. The molecule has 0 aromatic heterocycles. The highest BCUT2D eigenvalue weighted by atomic mass is 19.1. The van der Waals surface area contributed by atoms with Crippen LogP contribution in [0.2, 0.25) is 0 Å². The number of ether oxygens (including phenoxy) is 1. The van der Waals surface area contributed by atoms with E-state index in [4.69, 9.17) is 4.74 Å². The van der Waals surface area contributed by atoms with E-state index in [0.717, 1.165) is 32.2 Å². The molecule has 1 aliphatic rings. The molecular weight excluding hydrogens is 229 g/mol. The summed E-state index contributed by atoms with van der Waals surface area (Å²) in [7, 11) is 0. The van der Waals surface area contributed by atoms with Gasteiger partial charge in [-0.05, 0) is 38.3 Å². The van der Waals surface area contributed by atoms with Gasteiger partial charge in [0.2, 0.25) is 0 Å². The van der Waals surface area contributed by atoms with E-state index in [1.807, 2.05) is 6.07 Å². The Balaban J connectivity index is 1.74. The molecule has 0 bridgehead atoms. The molecule has 1 aromatic rings. The number of halogens is 1. The van der Waals surface area contributed by atoms with E-state index < -0.39 is 0 Å². The Kier molecular flexibility index (Phi) is 5.14. The lowest BCUT2D eigenvalue weighted by atomic mass is 9.93. The first kappa shape index (κ1) is 13.5. The molecule has 0 saturated heterocycles. The third-order valence-corrected chi connectivity index (χ3v) is 3.60. The quantitative estimate of drug-likeness (QED) is 0.867. The molecule has 100 valence electrons. The minimum Gasteiger partial charge on any atom is -0.373 e. The highest BCUT2D eigenvalue weighted by Gasteiger charge is 2.20. The van der Waals surface area contributed by atoms with Gasteiger partial charge in [0.15, 0.2) is 0 Å². The molecule has 0 aliphatic heterocycles. The summed E-state index contributed by atoms with van der Waals surface area (Å²) in [5.74, 6) is -0.168. The molecule has 1 aromatic carbocycles. The SMILES string of the molecule is CCNC1CCC(OCc2ccccc2F)CC1. The number of hydrogen-bond donors (Lipinski definition) is 1. The van der Waals surface area contributed by atoms with Crippen LogP contribution >= 0.6 is 0 Å². The first-order valence-electron chi connectivity index (χ1n) is 6.88. The van der Waals surface area contributed by atoms with Gasteiger partial charge in [-0.2, -0.15) is 0 Å². The molecule has 0 heterocycles. The lowest BCUT2D eigenvalue weighted by molar-refractivity contribution is 0.0102. The topological polar surface area (TPSA) is 21.3 Å². The van der Waals surface area contributed by atoms with Gasteiger partial charge in [0.1, 0.15) is 5.82 Å². The zero-order valence-corrected chi connectivity index (χ0v) is 11.0. The third-order valence-electron chi connectivity index (χ3n) is 3.60. The first-order chi connectivity index (χ1) is 8.79. The first-order valence-corrected chi connectivity index (χ1v) is 6.88. The molecule has 1 saturated carbocycles. The van der Waals surface area contributed by atoms with E-state index in [0.29, 0.717) is 24.3 Å². The maximum absolute atomic E-state index is 13.4. The molecule has 0 unspecified atom stereocenters. The van der Waals surface area contributed by atoms with Gasteiger partial charge < -0.3 is 10.1 Å². The van der Waals surface area contributed by atoms with Crippen LogP contribution in [0.25, 0.3) is 0 Å². The highest BCUT2D eigenvalue weighted by molar-refractivity contribution is 5.16. The Morgan fingerprint density at radius 3 is 2.61 bits per heavy atom. The van der Waals surface area contributed by atoms with Crippen LogP contribution in [0.5, 0.6) is 0 Å². The second-order valence-corrected chi connectivity index (χ2v) is 4.93. The lowest BCUT2D eigenvalue weighted by Gasteiger charge is -2.29. The summed E-state index contributed by atoms with van der Waals surface area (Å²) in [6.07, 6.45) is 4.77. The number of benzene rings is 1.